The lowest BCUT2D eigenvalue weighted by Gasteiger charge is -2.43. The van der Waals surface area contributed by atoms with Gasteiger partial charge in [-0.15, -0.1) is 0 Å². The third kappa shape index (κ3) is 2.95. The summed E-state index contributed by atoms with van der Waals surface area (Å²) in [4.78, 5) is 15.2. The molecule has 0 aromatic heterocycles. The molecule has 1 N–H and O–H groups in total. The van der Waals surface area contributed by atoms with E-state index in [0.29, 0.717) is 12.5 Å². The Morgan fingerprint density at radius 1 is 1.47 bits per heavy atom. The highest BCUT2D eigenvalue weighted by atomic mass is 16.5. The van der Waals surface area contributed by atoms with Crippen LogP contribution in [0.2, 0.25) is 0 Å². The van der Waals surface area contributed by atoms with Gasteiger partial charge in [0.1, 0.15) is 0 Å². The molecule has 0 aromatic rings. The molecule has 0 radical (unpaired) electrons. The summed E-state index contributed by atoms with van der Waals surface area (Å²) >= 11 is 0. The van der Waals surface area contributed by atoms with Crippen LogP contribution in [0.5, 0.6) is 0 Å². The van der Waals surface area contributed by atoms with E-state index < -0.39 is 0 Å². The molecule has 3 atom stereocenters. The Hall–Kier alpha value is -0.610. The molecule has 110 valence electrons. The van der Waals surface area contributed by atoms with Crippen molar-refractivity contribution in [2.45, 2.75) is 58.6 Å². The normalized spacial score (nSPS) is 35.6. The summed E-state index contributed by atoms with van der Waals surface area (Å²) in [7, 11) is 0. The van der Waals surface area contributed by atoms with Gasteiger partial charge in [-0.1, -0.05) is 20.3 Å². The van der Waals surface area contributed by atoms with Crippen LogP contribution in [0.3, 0.4) is 0 Å². The SMILES string of the molecule is CCCC1(C(=O)N2CC(C)OCC2CC)CCNC1. The highest BCUT2D eigenvalue weighted by Gasteiger charge is 2.45. The molecule has 2 aliphatic rings. The summed E-state index contributed by atoms with van der Waals surface area (Å²) in [6.07, 6.45) is 4.21. The van der Waals surface area contributed by atoms with E-state index in [9.17, 15) is 4.79 Å². The molecular weight excluding hydrogens is 240 g/mol. The average Bonchev–Trinajstić information content (AvgIpc) is 2.88. The van der Waals surface area contributed by atoms with Crippen LogP contribution in [-0.4, -0.2) is 49.2 Å². The molecule has 0 saturated carbocycles. The molecule has 2 fully saturated rings. The first-order chi connectivity index (χ1) is 9.13. The van der Waals surface area contributed by atoms with Crippen LogP contribution in [0.15, 0.2) is 0 Å². The fourth-order valence-corrected chi connectivity index (χ4v) is 3.46. The fourth-order valence-electron chi connectivity index (χ4n) is 3.46. The molecule has 4 heteroatoms. The number of carbonyl (C=O) groups is 1. The molecule has 0 spiro atoms. The Labute approximate surface area is 116 Å². The van der Waals surface area contributed by atoms with Crippen LogP contribution in [0, 0.1) is 5.41 Å². The highest BCUT2D eigenvalue weighted by molar-refractivity contribution is 5.84. The van der Waals surface area contributed by atoms with E-state index in [4.69, 9.17) is 4.74 Å². The minimum absolute atomic E-state index is 0.154. The number of ether oxygens (including phenoxy) is 1. The Morgan fingerprint density at radius 3 is 2.84 bits per heavy atom. The predicted molar refractivity (Wildman–Crippen MR) is 76.0 cm³/mol. The number of hydrogen-bond donors (Lipinski definition) is 1. The van der Waals surface area contributed by atoms with Gasteiger partial charge in [0.25, 0.3) is 0 Å². The third-order valence-electron chi connectivity index (χ3n) is 4.63. The molecular formula is C15H28N2O2. The molecule has 0 aliphatic carbocycles. The molecule has 1 amide bonds. The van der Waals surface area contributed by atoms with Gasteiger partial charge in [-0.25, -0.2) is 0 Å². The van der Waals surface area contributed by atoms with Crippen LogP contribution in [0.1, 0.15) is 46.5 Å². The molecule has 3 unspecified atom stereocenters. The van der Waals surface area contributed by atoms with E-state index in [1.807, 2.05) is 0 Å². The number of nitrogens with one attached hydrogen (secondary N) is 1. The summed E-state index contributed by atoms with van der Waals surface area (Å²) in [6, 6.07) is 0.262. The Kier molecular flexibility index (Phi) is 4.85. The molecule has 2 rings (SSSR count). The molecule has 0 bridgehead atoms. The topological polar surface area (TPSA) is 41.6 Å². The summed E-state index contributed by atoms with van der Waals surface area (Å²) < 4.78 is 5.71. The Morgan fingerprint density at radius 2 is 2.26 bits per heavy atom. The van der Waals surface area contributed by atoms with Crippen LogP contribution < -0.4 is 5.32 Å². The van der Waals surface area contributed by atoms with Crippen molar-refractivity contribution in [3.63, 3.8) is 0 Å². The quantitative estimate of drug-likeness (QED) is 0.845. The van der Waals surface area contributed by atoms with Crippen LogP contribution in [0.4, 0.5) is 0 Å². The molecule has 4 nitrogen and oxygen atoms in total. The second-order valence-electron chi connectivity index (χ2n) is 6.12. The first-order valence-electron chi connectivity index (χ1n) is 7.76. The second-order valence-corrected chi connectivity index (χ2v) is 6.12. The van der Waals surface area contributed by atoms with E-state index >= 15 is 0 Å². The average molecular weight is 268 g/mol. The van der Waals surface area contributed by atoms with Crippen molar-refractivity contribution in [2.75, 3.05) is 26.2 Å². The van der Waals surface area contributed by atoms with Crippen molar-refractivity contribution in [2.24, 2.45) is 5.41 Å². The van der Waals surface area contributed by atoms with Crippen molar-refractivity contribution in [1.29, 1.82) is 0 Å². The van der Waals surface area contributed by atoms with Gasteiger partial charge in [0.2, 0.25) is 5.91 Å². The van der Waals surface area contributed by atoms with Crippen molar-refractivity contribution >= 4 is 5.91 Å². The van der Waals surface area contributed by atoms with E-state index in [1.165, 1.54) is 0 Å². The Bertz CT molecular complexity index is 313. The van der Waals surface area contributed by atoms with Crippen molar-refractivity contribution in [3.05, 3.63) is 0 Å². The number of amides is 1. The Balaban J connectivity index is 2.14. The zero-order valence-corrected chi connectivity index (χ0v) is 12.6. The lowest BCUT2D eigenvalue weighted by atomic mass is 9.80. The van der Waals surface area contributed by atoms with E-state index in [1.54, 1.807) is 0 Å². The largest absolute Gasteiger partial charge is 0.375 e. The molecule has 2 heterocycles. The smallest absolute Gasteiger partial charge is 0.230 e. The number of rotatable bonds is 4. The zero-order valence-electron chi connectivity index (χ0n) is 12.6. The van der Waals surface area contributed by atoms with Crippen molar-refractivity contribution < 1.29 is 9.53 Å². The standard InChI is InChI=1S/C15H28N2O2/c1-4-6-15(7-8-16-11-15)14(18)17-9-12(3)19-10-13(17)5-2/h12-13,16H,4-11H2,1-3H3. The highest BCUT2D eigenvalue weighted by Crippen LogP contribution is 2.35. The van der Waals surface area contributed by atoms with Gasteiger partial charge in [0, 0.05) is 13.1 Å². The molecule has 2 aliphatic heterocycles. The first kappa shape index (κ1) is 14.8. The monoisotopic (exact) mass is 268 g/mol. The minimum Gasteiger partial charge on any atom is -0.375 e. The summed E-state index contributed by atoms with van der Waals surface area (Å²) in [5, 5.41) is 3.38. The van der Waals surface area contributed by atoms with Gasteiger partial charge in [-0.05, 0) is 32.7 Å². The summed E-state index contributed by atoms with van der Waals surface area (Å²) in [5.41, 5.74) is -0.154. The lowest BCUT2D eigenvalue weighted by Crippen LogP contribution is -2.56. The number of hydrogen-bond acceptors (Lipinski definition) is 3. The predicted octanol–water partition coefficient (Wildman–Crippen LogP) is 1.79. The zero-order chi connectivity index (χ0) is 13.9. The van der Waals surface area contributed by atoms with E-state index in [-0.39, 0.29) is 17.6 Å². The van der Waals surface area contributed by atoms with Gasteiger partial charge in [-0.2, -0.15) is 0 Å². The van der Waals surface area contributed by atoms with E-state index in [2.05, 4.69) is 31.0 Å². The number of morpholine rings is 1. The number of nitrogens with zero attached hydrogens (tertiary/aromatic N) is 1. The second kappa shape index (κ2) is 6.23. The lowest BCUT2D eigenvalue weighted by molar-refractivity contribution is -0.154. The van der Waals surface area contributed by atoms with Crippen molar-refractivity contribution in [3.8, 4) is 0 Å². The minimum atomic E-state index is -0.154. The fraction of sp³-hybridized carbons (Fsp3) is 0.933. The molecule has 19 heavy (non-hydrogen) atoms. The van der Waals surface area contributed by atoms with Gasteiger partial charge in [0.15, 0.2) is 0 Å². The van der Waals surface area contributed by atoms with Crippen LogP contribution in [0.25, 0.3) is 0 Å². The van der Waals surface area contributed by atoms with E-state index in [0.717, 1.165) is 45.3 Å². The van der Waals surface area contributed by atoms with Crippen LogP contribution >= 0.6 is 0 Å². The van der Waals surface area contributed by atoms with Crippen LogP contribution in [-0.2, 0) is 9.53 Å². The van der Waals surface area contributed by atoms with Gasteiger partial charge >= 0.3 is 0 Å². The van der Waals surface area contributed by atoms with Gasteiger partial charge in [-0.3, -0.25) is 4.79 Å². The third-order valence-corrected chi connectivity index (χ3v) is 4.63. The van der Waals surface area contributed by atoms with Crippen molar-refractivity contribution in [1.82, 2.24) is 10.2 Å². The summed E-state index contributed by atoms with van der Waals surface area (Å²) in [6.45, 7) is 9.65. The first-order valence-corrected chi connectivity index (χ1v) is 7.76. The van der Waals surface area contributed by atoms with Gasteiger partial charge in [0.05, 0.1) is 24.2 Å². The maximum absolute atomic E-state index is 13.1. The number of carbonyl (C=O) groups excluding carboxylic acids is 1. The molecule has 0 aromatic carbocycles. The van der Waals surface area contributed by atoms with Gasteiger partial charge < -0.3 is 15.0 Å². The molecule has 2 saturated heterocycles. The summed E-state index contributed by atoms with van der Waals surface area (Å²) in [5.74, 6) is 0.362. The maximum Gasteiger partial charge on any atom is 0.230 e. The maximum atomic E-state index is 13.1.